The molecule has 0 bridgehead atoms. The van der Waals surface area contributed by atoms with Crippen LogP contribution < -0.4 is 16.4 Å². The molecule has 0 spiro atoms. The third-order valence-corrected chi connectivity index (χ3v) is 0.748. The Hall–Kier alpha value is -1.26. The number of amides is 3. The zero-order valence-corrected chi connectivity index (χ0v) is 5.76. The Morgan fingerprint density at radius 2 is 2.20 bits per heavy atom. The average molecular weight is 144 g/mol. The van der Waals surface area contributed by atoms with Crippen LogP contribution in [0.4, 0.5) is 4.79 Å². The first-order valence-corrected chi connectivity index (χ1v) is 2.90. The third-order valence-electron chi connectivity index (χ3n) is 0.748. The van der Waals surface area contributed by atoms with Crippen molar-refractivity contribution < 1.29 is 9.59 Å². The number of urea groups is 1. The summed E-state index contributed by atoms with van der Waals surface area (Å²) >= 11 is 0. The molecule has 0 saturated carbocycles. The number of likely N-dealkylation sites (N-methyl/N-ethyl adjacent to an activating group) is 1. The van der Waals surface area contributed by atoms with Gasteiger partial charge in [-0.15, -0.1) is 0 Å². The molecule has 0 heterocycles. The van der Waals surface area contributed by atoms with Gasteiger partial charge >= 0.3 is 6.03 Å². The molecule has 0 aliphatic rings. The molecule has 1 radical (unpaired) electrons. The number of carbonyl (C=O) groups excluding carboxylic acids is 2. The summed E-state index contributed by atoms with van der Waals surface area (Å²) in [6.07, 6.45) is 0. The molecule has 3 N–H and O–H groups in total. The third kappa shape index (κ3) is 4.89. The molecule has 5 heteroatoms. The number of hydrogen-bond donors (Lipinski definition) is 2. The van der Waals surface area contributed by atoms with Crippen molar-refractivity contribution in [2.24, 2.45) is 5.73 Å². The number of nitrogens with zero attached hydrogens (tertiary/aromatic N) is 1. The van der Waals surface area contributed by atoms with Gasteiger partial charge in [0.15, 0.2) is 0 Å². The molecule has 57 valence electrons. The molecule has 0 aromatic rings. The largest absolute Gasteiger partial charge is 0.352 e. The number of carbonyl (C=O) groups is 2. The molecule has 0 aliphatic heterocycles. The number of rotatable bonds is 3. The standard InChI is InChI=1S/C5H10N3O2/c1-2-7-4(9)3-8-5(6)10/h2-3H2,1H3,(H3,6,8,10). The van der Waals surface area contributed by atoms with Gasteiger partial charge < -0.3 is 11.1 Å². The predicted octanol–water partition coefficient (Wildman–Crippen LogP) is -1.19. The molecular formula is C5H10N3O2. The second-order valence-corrected chi connectivity index (χ2v) is 1.59. The number of nitrogens with one attached hydrogen (secondary N) is 1. The van der Waals surface area contributed by atoms with E-state index in [1.165, 1.54) is 0 Å². The molecule has 0 unspecified atom stereocenters. The summed E-state index contributed by atoms with van der Waals surface area (Å²) in [6, 6.07) is -0.709. The van der Waals surface area contributed by atoms with Gasteiger partial charge in [-0.2, -0.15) is 0 Å². The van der Waals surface area contributed by atoms with Crippen LogP contribution in [0.1, 0.15) is 6.92 Å². The van der Waals surface area contributed by atoms with Crippen LogP contribution in [0.15, 0.2) is 0 Å². The monoisotopic (exact) mass is 144 g/mol. The second-order valence-electron chi connectivity index (χ2n) is 1.59. The van der Waals surface area contributed by atoms with Crippen molar-refractivity contribution in [3.8, 4) is 0 Å². The smallest absolute Gasteiger partial charge is 0.312 e. The molecule has 0 fully saturated rings. The molecule has 0 saturated heterocycles. The van der Waals surface area contributed by atoms with Gasteiger partial charge in [-0.3, -0.25) is 10.1 Å². The van der Waals surface area contributed by atoms with Crippen LogP contribution in [0.2, 0.25) is 0 Å². The fourth-order valence-corrected chi connectivity index (χ4v) is 0.395. The van der Waals surface area contributed by atoms with E-state index in [9.17, 15) is 9.59 Å². The van der Waals surface area contributed by atoms with Gasteiger partial charge in [0.2, 0.25) is 0 Å². The molecule has 0 aliphatic carbocycles. The highest BCUT2D eigenvalue weighted by Gasteiger charge is 2.00. The summed E-state index contributed by atoms with van der Waals surface area (Å²) in [5, 5.41) is 5.61. The summed E-state index contributed by atoms with van der Waals surface area (Å²) in [6.45, 7) is 2.06. The SMILES string of the molecule is CC[N]C(=O)CNC(N)=O. The van der Waals surface area contributed by atoms with Crippen LogP contribution in [-0.4, -0.2) is 25.0 Å². The maximum absolute atomic E-state index is 10.5. The van der Waals surface area contributed by atoms with E-state index in [4.69, 9.17) is 5.73 Å². The first kappa shape index (κ1) is 8.74. The number of nitrogens with two attached hydrogens (primary N) is 1. The summed E-state index contributed by atoms with van der Waals surface area (Å²) in [5.74, 6) is -0.360. The molecule has 10 heavy (non-hydrogen) atoms. The van der Waals surface area contributed by atoms with E-state index in [-0.39, 0.29) is 12.5 Å². The highest BCUT2D eigenvalue weighted by molar-refractivity contribution is 5.82. The molecule has 0 aromatic heterocycles. The van der Waals surface area contributed by atoms with E-state index in [1.807, 2.05) is 0 Å². The van der Waals surface area contributed by atoms with Crippen LogP contribution >= 0.6 is 0 Å². The van der Waals surface area contributed by atoms with Crippen molar-refractivity contribution >= 4 is 11.9 Å². The van der Waals surface area contributed by atoms with Gasteiger partial charge in [-0.25, -0.2) is 4.79 Å². The lowest BCUT2D eigenvalue weighted by Gasteiger charge is -1.98. The lowest BCUT2D eigenvalue weighted by atomic mass is 10.5. The Balaban J connectivity index is 3.30. The number of hydrogen-bond acceptors (Lipinski definition) is 2. The zero-order chi connectivity index (χ0) is 7.98. The summed E-state index contributed by atoms with van der Waals surface area (Å²) < 4.78 is 0. The van der Waals surface area contributed by atoms with E-state index in [1.54, 1.807) is 6.92 Å². The van der Waals surface area contributed by atoms with Crippen molar-refractivity contribution in [3.63, 3.8) is 0 Å². The van der Waals surface area contributed by atoms with Crippen LogP contribution in [0, 0.1) is 0 Å². The van der Waals surface area contributed by atoms with Crippen molar-refractivity contribution in [1.82, 2.24) is 10.6 Å². The Labute approximate surface area is 59.0 Å². The normalized spacial score (nSPS) is 8.50. The highest BCUT2D eigenvalue weighted by atomic mass is 16.2. The first-order valence-electron chi connectivity index (χ1n) is 2.90. The first-order chi connectivity index (χ1) is 4.66. The van der Waals surface area contributed by atoms with Gasteiger partial charge in [0.05, 0.1) is 0 Å². The minimum absolute atomic E-state index is 0.108. The molecule has 0 rings (SSSR count). The van der Waals surface area contributed by atoms with E-state index < -0.39 is 6.03 Å². The highest BCUT2D eigenvalue weighted by Crippen LogP contribution is 1.65. The van der Waals surface area contributed by atoms with Crippen molar-refractivity contribution in [2.75, 3.05) is 13.1 Å². The van der Waals surface area contributed by atoms with Crippen molar-refractivity contribution in [1.29, 1.82) is 0 Å². The molecule has 3 amide bonds. The quantitative estimate of drug-likeness (QED) is 0.521. The van der Waals surface area contributed by atoms with E-state index in [0.717, 1.165) is 0 Å². The summed E-state index contributed by atoms with van der Waals surface area (Å²) in [4.78, 5) is 20.5. The second kappa shape index (κ2) is 4.60. The fraction of sp³-hybridized carbons (Fsp3) is 0.600. The van der Waals surface area contributed by atoms with Gasteiger partial charge in [-0.1, -0.05) is 0 Å². The Bertz CT molecular complexity index is 135. The number of primary amides is 1. The van der Waals surface area contributed by atoms with Gasteiger partial charge in [0.25, 0.3) is 5.91 Å². The maximum Gasteiger partial charge on any atom is 0.312 e. The Kier molecular flexibility index (Phi) is 4.02. The summed E-state index contributed by atoms with van der Waals surface area (Å²) in [7, 11) is 0. The van der Waals surface area contributed by atoms with E-state index >= 15 is 0 Å². The van der Waals surface area contributed by atoms with Gasteiger partial charge in [0.1, 0.15) is 6.54 Å². The topological polar surface area (TPSA) is 86.3 Å². The fourth-order valence-electron chi connectivity index (χ4n) is 0.395. The van der Waals surface area contributed by atoms with Crippen molar-refractivity contribution in [2.45, 2.75) is 6.92 Å². The van der Waals surface area contributed by atoms with Crippen molar-refractivity contribution in [3.05, 3.63) is 0 Å². The molecular weight excluding hydrogens is 134 g/mol. The minimum Gasteiger partial charge on any atom is -0.352 e. The predicted molar refractivity (Wildman–Crippen MR) is 35.3 cm³/mol. The van der Waals surface area contributed by atoms with Gasteiger partial charge in [-0.05, 0) is 6.92 Å². The van der Waals surface area contributed by atoms with E-state index in [0.29, 0.717) is 6.54 Å². The van der Waals surface area contributed by atoms with Crippen LogP contribution in [0.3, 0.4) is 0 Å². The van der Waals surface area contributed by atoms with Crippen LogP contribution in [-0.2, 0) is 4.79 Å². The minimum atomic E-state index is -0.709. The molecule has 0 aromatic carbocycles. The van der Waals surface area contributed by atoms with Crippen LogP contribution in [0.25, 0.3) is 0 Å². The lowest BCUT2D eigenvalue weighted by Crippen LogP contribution is -2.36. The van der Waals surface area contributed by atoms with Gasteiger partial charge in [0, 0.05) is 6.54 Å². The zero-order valence-electron chi connectivity index (χ0n) is 5.76. The molecule has 0 atom stereocenters. The summed E-state index contributed by atoms with van der Waals surface area (Å²) in [5.41, 5.74) is 4.69. The average Bonchev–Trinajstić information content (AvgIpc) is 1.85. The van der Waals surface area contributed by atoms with E-state index in [2.05, 4.69) is 10.6 Å². The maximum atomic E-state index is 10.5. The van der Waals surface area contributed by atoms with Crippen LogP contribution in [0.5, 0.6) is 0 Å². The molecule has 5 nitrogen and oxygen atoms in total. The Morgan fingerprint density at radius 1 is 1.60 bits per heavy atom. The lowest BCUT2D eigenvalue weighted by molar-refractivity contribution is -0.120. The Morgan fingerprint density at radius 3 is 2.60 bits per heavy atom.